The zero-order valence-electron chi connectivity index (χ0n) is 13.3. The van der Waals surface area contributed by atoms with Gasteiger partial charge in [0, 0.05) is 18.8 Å². The zero-order valence-corrected chi connectivity index (χ0v) is 13.3. The molecule has 3 rings (SSSR count). The molecule has 1 fully saturated rings. The van der Waals surface area contributed by atoms with Crippen LogP contribution < -0.4 is 10.3 Å². The highest BCUT2D eigenvalue weighted by Crippen LogP contribution is 2.20. The largest absolute Gasteiger partial charge is 0.482 e. The predicted octanol–water partition coefficient (Wildman–Crippen LogP) is 0.452. The molecule has 126 valence electrons. The standard InChI is InChI=1S/C16H18N4O4/c1-11-18-13(7-15(21)19-11)14-9-20(5-6-23-14)16(22)10-24-12-3-2-4-17-8-12/h2-4,7-8,14H,5-6,9-10H2,1H3,(H,18,19,21)/t14-/m0/s1. The highest BCUT2D eigenvalue weighted by Gasteiger charge is 2.27. The van der Waals surface area contributed by atoms with Crippen molar-refractivity contribution >= 4 is 5.91 Å². The number of carbonyl (C=O) groups is 1. The monoisotopic (exact) mass is 330 g/mol. The minimum absolute atomic E-state index is 0.0692. The van der Waals surface area contributed by atoms with Crippen LogP contribution in [0.1, 0.15) is 17.6 Å². The first-order valence-corrected chi connectivity index (χ1v) is 7.62. The Bertz CT molecular complexity index is 762. The van der Waals surface area contributed by atoms with E-state index < -0.39 is 6.10 Å². The van der Waals surface area contributed by atoms with Crippen molar-refractivity contribution < 1.29 is 14.3 Å². The second-order valence-corrected chi connectivity index (χ2v) is 5.43. The molecule has 2 aromatic heterocycles. The Morgan fingerprint density at radius 2 is 2.42 bits per heavy atom. The summed E-state index contributed by atoms with van der Waals surface area (Å²) in [6.45, 7) is 2.84. The van der Waals surface area contributed by atoms with Crippen LogP contribution in [0.2, 0.25) is 0 Å². The van der Waals surface area contributed by atoms with Crippen LogP contribution in [0.5, 0.6) is 5.75 Å². The number of hydrogen-bond donors (Lipinski definition) is 1. The van der Waals surface area contributed by atoms with Crippen LogP contribution in [0.25, 0.3) is 0 Å². The maximum absolute atomic E-state index is 12.3. The van der Waals surface area contributed by atoms with Crippen molar-refractivity contribution in [1.29, 1.82) is 0 Å². The molecular formula is C16H18N4O4. The number of nitrogens with zero attached hydrogens (tertiary/aromatic N) is 3. The molecule has 1 atom stereocenters. The minimum Gasteiger partial charge on any atom is -0.482 e. The number of H-pyrrole nitrogens is 1. The zero-order chi connectivity index (χ0) is 16.9. The molecule has 1 aliphatic heterocycles. The van der Waals surface area contributed by atoms with Crippen molar-refractivity contribution in [1.82, 2.24) is 19.9 Å². The molecule has 0 saturated carbocycles. The summed E-state index contributed by atoms with van der Waals surface area (Å²) in [7, 11) is 0. The Morgan fingerprint density at radius 1 is 1.54 bits per heavy atom. The third-order valence-corrected chi connectivity index (χ3v) is 3.63. The molecule has 0 bridgehead atoms. The number of aromatic amines is 1. The lowest BCUT2D eigenvalue weighted by molar-refractivity contribution is -0.141. The number of morpholine rings is 1. The minimum atomic E-state index is -0.415. The van der Waals surface area contributed by atoms with Gasteiger partial charge in [0.2, 0.25) is 0 Å². The average molecular weight is 330 g/mol. The lowest BCUT2D eigenvalue weighted by Crippen LogP contribution is -2.44. The van der Waals surface area contributed by atoms with Gasteiger partial charge in [-0.1, -0.05) is 0 Å². The number of amides is 1. The third-order valence-electron chi connectivity index (χ3n) is 3.63. The highest BCUT2D eigenvalue weighted by molar-refractivity contribution is 5.77. The van der Waals surface area contributed by atoms with Crippen LogP contribution in [0.3, 0.4) is 0 Å². The Hall–Kier alpha value is -2.74. The van der Waals surface area contributed by atoms with Gasteiger partial charge in [0.25, 0.3) is 11.5 Å². The van der Waals surface area contributed by atoms with Crippen LogP contribution in [-0.2, 0) is 9.53 Å². The van der Waals surface area contributed by atoms with Crippen molar-refractivity contribution in [3.8, 4) is 5.75 Å². The first kappa shape index (κ1) is 16.1. The van der Waals surface area contributed by atoms with E-state index in [-0.39, 0.29) is 18.1 Å². The Morgan fingerprint density at radius 3 is 3.17 bits per heavy atom. The lowest BCUT2D eigenvalue weighted by atomic mass is 10.2. The van der Waals surface area contributed by atoms with E-state index in [0.717, 1.165) is 0 Å². The van der Waals surface area contributed by atoms with Crippen molar-refractivity contribution in [2.24, 2.45) is 0 Å². The molecule has 8 nitrogen and oxygen atoms in total. The number of carbonyl (C=O) groups excluding carboxylic acids is 1. The van der Waals surface area contributed by atoms with E-state index in [1.54, 1.807) is 36.4 Å². The maximum atomic E-state index is 12.3. The van der Waals surface area contributed by atoms with Crippen molar-refractivity contribution in [3.63, 3.8) is 0 Å². The molecule has 3 heterocycles. The molecule has 1 amide bonds. The summed E-state index contributed by atoms with van der Waals surface area (Å²) in [5.41, 5.74) is 0.298. The van der Waals surface area contributed by atoms with Crippen molar-refractivity contribution in [2.75, 3.05) is 26.3 Å². The summed E-state index contributed by atoms with van der Waals surface area (Å²) in [5.74, 6) is 0.917. The second kappa shape index (κ2) is 7.22. The highest BCUT2D eigenvalue weighted by atomic mass is 16.5. The molecule has 1 N–H and O–H groups in total. The molecule has 8 heteroatoms. The maximum Gasteiger partial charge on any atom is 0.260 e. The van der Waals surface area contributed by atoms with Crippen LogP contribution >= 0.6 is 0 Å². The van der Waals surface area contributed by atoms with Gasteiger partial charge in [-0.15, -0.1) is 0 Å². The van der Waals surface area contributed by atoms with Crippen LogP contribution in [0, 0.1) is 6.92 Å². The molecule has 24 heavy (non-hydrogen) atoms. The van der Waals surface area contributed by atoms with E-state index in [4.69, 9.17) is 9.47 Å². The predicted molar refractivity (Wildman–Crippen MR) is 84.6 cm³/mol. The lowest BCUT2D eigenvalue weighted by Gasteiger charge is -2.32. The molecule has 2 aromatic rings. The summed E-state index contributed by atoms with van der Waals surface area (Å²) in [5, 5.41) is 0. The van der Waals surface area contributed by atoms with Gasteiger partial charge in [-0.2, -0.15) is 0 Å². The molecular weight excluding hydrogens is 312 g/mol. The van der Waals surface area contributed by atoms with Gasteiger partial charge in [0.15, 0.2) is 6.61 Å². The van der Waals surface area contributed by atoms with Gasteiger partial charge in [-0.25, -0.2) is 4.98 Å². The second-order valence-electron chi connectivity index (χ2n) is 5.43. The molecule has 0 spiro atoms. The topological polar surface area (TPSA) is 97.4 Å². The van der Waals surface area contributed by atoms with Crippen LogP contribution in [0.4, 0.5) is 0 Å². The van der Waals surface area contributed by atoms with Crippen LogP contribution in [0.15, 0.2) is 35.4 Å². The van der Waals surface area contributed by atoms with E-state index in [9.17, 15) is 9.59 Å². The summed E-state index contributed by atoms with van der Waals surface area (Å²) < 4.78 is 11.1. The number of ether oxygens (including phenoxy) is 2. The van der Waals surface area contributed by atoms with Gasteiger partial charge in [0.1, 0.15) is 17.7 Å². The number of pyridine rings is 1. The normalized spacial score (nSPS) is 17.5. The first-order valence-electron chi connectivity index (χ1n) is 7.62. The third kappa shape index (κ3) is 3.96. The molecule has 0 unspecified atom stereocenters. The summed E-state index contributed by atoms with van der Waals surface area (Å²) >= 11 is 0. The summed E-state index contributed by atoms with van der Waals surface area (Å²) in [4.78, 5) is 36.4. The number of aryl methyl sites for hydroxylation is 1. The molecule has 1 saturated heterocycles. The van der Waals surface area contributed by atoms with E-state index in [1.807, 2.05) is 0 Å². The molecule has 1 aliphatic rings. The fourth-order valence-electron chi connectivity index (χ4n) is 2.49. The van der Waals surface area contributed by atoms with Gasteiger partial charge < -0.3 is 19.4 Å². The van der Waals surface area contributed by atoms with Gasteiger partial charge in [-0.05, 0) is 19.1 Å². The van der Waals surface area contributed by atoms with Crippen LogP contribution in [-0.4, -0.2) is 52.1 Å². The van der Waals surface area contributed by atoms with E-state index >= 15 is 0 Å². The average Bonchev–Trinajstić information content (AvgIpc) is 2.60. The molecule has 0 aromatic carbocycles. The Balaban J connectivity index is 1.62. The fourth-order valence-corrected chi connectivity index (χ4v) is 2.49. The number of nitrogens with one attached hydrogen (secondary N) is 1. The molecule has 0 radical (unpaired) electrons. The van der Waals surface area contributed by atoms with E-state index in [2.05, 4.69) is 15.0 Å². The SMILES string of the molecule is Cc1nc([C@@H]2CN(C(=O)COc3cccnc3)CCO2)cc(=O)[nH]1. The summed E-state index contributed by atoms with van der Waals surface area (Å²) in [6.07, 6.45) is 2.78. The van der Waals surface area contributed by atoms with Gasteiger partial charge in [-0.3, -0.25) is 14.6 Å². The van der Waals surface area contributed by atoms with E-state index in [0.29, 0.717) is 37.0 Å². The van der Waals surface area contributed by atoms with Crippen molar-refractivity contribution in [2.45, 2.75) is 13.0 Å². The fraction of sp³-hybridized carbons (Fsp3) is 0.375. The number of rotatable bonds is 4. The number of hydrogen-bond acceptors (Lipinski definition) is 6. The van der Waals surface area contributed by atoms with E-state index in [1.165, 1.54) is 6.07 Å². The quantitative estimate of drug-likeness (QED) is 0.874. The Kier molecular flexibility index (Phi) is 4.85. The Labute approximate surface area is 138 Å². The first-order chi connectivity index (χ1) is 11.6. The van der Waals surface area contributed by atoms with Crippen molar-refractivity contribution in [3.05, 3.63) is 52.5 Å². The molecule has 0 aliphatic carbocycles. The number of aromatic nitrogens is 3. The smallest absolute Gasteiger partial charge is 0.260 e. The summed E-state index contributed by atoms with van der Waals surface area (Å²) in [6, 6.07) is 4.88. The van der Waals surface area contributed by atoms with Gasteiger partial charge in [0.05, 0.1) is 25.0 Å². The van der Waals surface area contributed by atoms with Gasteiger partial charge >= 0.3 is 0 Å².